The summed E-state index contributed by atoms with van der Waals surface area (Å²) in [6, 6.07) is 1.65. The van der Waals surface area contributed by atoms with E-state index in [-0.39, 0.29) is 11.9 Å². The molecule has 0 aliphatic carbocycles. The van der Waals surface area contributed by atoms with Gasteiger partial charge < -0.3 is 10.2 Å². The fraction of sp³-hybridized carbons (Fsp3) is 0.353. The molecule has 9 nitrogen and oxygen atoms in total. The molecule has 1 aliphatic rings. The van der Waals surface area contributed by atoms with Crippen LogP contribution >= 0.6 is 0 Å². The van der Waals surface area contributed by atoms with E-state index < -0.39 is 0 Å². The first kappa shape index (κ1) is 16.2. The molecule has 9 heteroatoms. The topological polar surface area (TPSA) is 93.8 Å². The Morgan fingerprint density at radius 1 is 1.23 bits per heavy atom. The predicted octanol–water partition coefficient (Wildman–Crippen LogP) is 1.23. The van der Waals surface area contributed by atoms with Crippen LogP contribution < -0.4 is 10.2 Å². The van der Waals surface area contributed by atoms with Gasteiger partial charge in [0.2, 0.25) is 5.91 Å². The highest BCUT2D eigenvalue weighted by Crippen LogP contribution is 2.22. The number of anilines is 2. The van der Waals surface area contributed by atoms with Crippen molar-refractivity contribution in [2.45, 2.75) is 26.3 Å². The minimum Gasteiger partial charge on any atom is -0.357 e. The molecule has 1 N–H and O–H groups in total. The number of carbonyl (C=O) groups is 1. The van der Waals surface area contributed by atoms with Crippen molar-refractivity contribution in [1.29, 1.82) is 0 Å². The zero-order valence-electron chi connectivity index (χ0n) is 14.9. The summed E-state index contributed by atoms with van der Waals surface area (Å²) in [6.07, 6.45) is 7.50. The summed E-state index contributed by atoms with van der Waals surface area (Å²) >= 11 is 0. The van der Waals surface area contributed by atoms with Crippen molar-refractivity contribution in [2.75, 3.05) is 16.8 Å². The van der Waals surface area contributed by atoms with E-state index in [0.717, 1.165) is 17.1 Å². The first-order valence-corrected chi connectivity index (χ1v) is 8.43. The van der Waals surface area contributed by atoms with Crippen LogP contribution in [0.5, 0.6) is 0 Å². The van der Waals surface area contributed by atoms with Gasteiger partial charge in [0.15, 0.2) is 5.82 Å². The van der Waals surface area contributed by atoms with E-state index in [1.54, 1.807) is 32.9 Å². The minimum atomic E-state index is -0.333. The van der Waals surface area contributed by atoms with Gasteiger partial charge >= 0.3 is 0 Å². The molecule has 4 heterocycles. The highest BCUT2D eigenvalue weighted by Gasteiger charge is 2.33. The number of amides is 1. The van der Waals surface area contributed by atoms with Crippen molar-refractivity contribution in [3.63, 3.8) is 0 Å². The van der Waals surface area contributed by atoms with Crippen LogP contribution in [0.25, 0.3) is 5.82 Å². The van der Waals surface area contributed by atoms with Crippen molar-refractivity contribution in [3.05, 3.63) is 42.2 Å². The first-order valence-electron chi connectivity index (χ1n) is 8.43. The summed E-state index contributed by atoms with van der Waals surface area (Å²) in [5.74, 6) is 1.19. The molecular weight excluding hydrogens is 332 g/mol. The Morgan fingerprint density at radius 3 is 2.77 bits per heavy atom. The van der Waals surface area contributed by atoms with Crippen molar-refractivity contribution in [2.24, 2.45) is 7.05 Å². The number of nitrogens with zero attached hydrogens (tertiary/aromatic N) is 7. The van der Waals surface area contributed by atoms with Gasteiger partial charge in [-0.25, -0.2) is 9.67 Å². The standard InChI is InChI=1S/C17H20N8O/c1-11-6-12(2)25(22-11)16-9-18-8-15(21-16)20-14-4-5-24(17(14)26)13-7-19-23(3)10-13/h6-10,14H,4-5H2,1-3H3,(H,20,21). The maximum atomic E-state index is 12.7. The number of carbonyl (C=O) groups excluding carboxylic acids is 1. The SMILES string of the molecule is Cc1cc(C)n(-c2cncc(NC3CCN(c4cnn(C)c4)C3=O)n2)n1. The highest BCUT2D eigenvalue weighted by atomic mass is 16.2. The van der Waals surface area contributed by atoms with E-state index in [1.165, 1.54) is 0 Å². The Hall–Kier alpha value is -3.23. The minimum absolute atomic E-state index is 0.0105. The van der Waals surface area contributed by atoms with Crippen molar-refractivity contribution in [1.82, 2.24) is 29.5 Å². The molecule has 1 unspecified atom stereocenters. The maximum absolute atomic E-state index is 12.7. The summed E-state index contributed by atoms with van der Waals surface area (Å²) in [5.41, 5.74) is 2.71. The normalized spacial score (nSPS) is 17.1. The van der Waals surface area contributed by atoms with Gasteiger partial charge in [-0.3, -0.25) is 14.5 Å². The summed E-state index contributed by atoms with van der Waals surface area (Å²) < 4.78 is 3.43. The number of aryl methyl sites for hydroxylation is 3. The molecule has 1 atom stereocenters. The number of hydrogen-bond donors (Lipinski definition) is 1. The molecule has 0 spiro atoms. The lowest BCUT2D eigenvalue weighted by molar-refractivity contribution is -0.117. The van der Waals surface area contributed by atoms with Gasteiger partial charge in [-0.2, -0.15) is 10.2 Å². The van der Waals surface area contributed by atoms with E-state index in [1.807, 2.05) is 33.2 Å². The molecule has 4 rings (SSSR count). The summed E-state index contributed by atoms with van der Waals surface area (Å²) in [4.78, 5) is 23.2. The van der Waals surface area contributed by atoms with Gasteiger partial charge in [0, 0.05) is 25.5 Å². The molecule has 1 aliphatic heterocycles. The highest BCUT2D eigenvalue weighted by molar-refractivity contribution is 6.00. The zero-order valence-corrected chi connectivity index (χ0v) is 14.9. The van der Waals surface area contributed by atoms with E-state index in [4.69, 9.17) is 0 Å². The van der Waals surface area contributed by atoms with Crippen LogP contribution in [0.15, 0.2) is 30.9 Å². The number of nitrogens with one attached hydrogen (secondary N) is 1. The molecule has 3 aromatic heterocycles. The van der Waals surface area contributed by atoms with E-state index in [2.05, 4.69) is 25.5 Å². The first-order chi connectivity index (χ1) is 12.5. The Kier molecular flexibility index (Phi) is 3.90. The second-order valence-corrected chi connectivity index (χ2v) is 6.45. The molecule has 1 fully saturated rings. The van der Waals surface area contributed by atoms with Crippen molar-refractivity contribution in [3.8, 4) is 5.82 Å². The lowest BCUT2D eigenvalue weighted by Crippen LogP contribution is -2.33. The van der Waals surface area contributed by atoms with Crippen LogP contribution in [0.1, 0.15) is 17.8 Å². The summed E-state index contributed by atoms with van der Waals surface area (Å²) in [5, 5.41) is 11.8. The molecule has 0 radical (unpaired) electrons. The fourth-order valence-corrected chi connectivity index (χ4v) is 3.18. The second-order valence-electron chi connectivity index (χ2n) is 6.45. The molecule has 0 saturated carbocycles. The number of hydrogen-bond acceptors (Lipinski definition) is 6. The molecule has 1 saturated heterocycles. The Balaban J connectivity index is 1.52. The number of aromatic nitrogens is 6. The Bertz CT molecular complexity index is 959. The molecule has 26 heavy (non-hydrogen) atoms. The summed E-state index contributed by atoms with van der Waals surface area (Å²) in [7, 11) is 1.83. The lowest BCUT2D eigenvalue weighted by Gasteiger charge is -2.15. The smallest absolute Gasteiger partial charge is 0.249 e. The van der Waals surface area contributed by atoms with Crippen LogP contribution in [-0.4, -0.2) is 48.0 Å². The van der Waals surface area contributed by atoms with Crippen LogP contribution in [0.3, 0.4) is 0 Å². The molecular formula is C17H20N8O. The van der Waals surface area contributed by atoms with Gasteiger partial charge in [-0.15, -0.1) is 0 Å². The monoisotopic (exact) mass is 352 g/mol. The van der Waals surface area contributed by atoms with Crippen molar-refractivity contribution < 1.29 is 4.79 Å². The predicted molar refractivity (Wildman–Crippen MR) is 96.2 cm³/mol. The molecule has 0 bridgehead atoms. The van der Waals surface area contributed by atoms with Gasteiger partial charge in [0.25, 0.3) is 0 Å². The fourth-order valence-electron chi connectivity index (χ4n) is 3.18. The average Bonchev–Trinajstić information content (AvgIpc) is 3.28. The molecule has 134 valence electrons. The molecule has 0 aromatic carbocycles. The van der Waals surface area contributed by atoms with E-state index in [0.29, 0.717) is 24.6 Å². The van der Waals surface area contributed by atoms with Crippen LogP contribution in [0.2, 0.25) is 0 Å². The number of rotatable bonds is 4. The Morgan fingerprint density at radius 2 is 2.08 bits per heavy atom. The van der Waals surface area contributed by atoms with Crippen LogP contribution in [-0.2, 0) is 11.8 Å². The van der Waals surface area contributed by atoms with Crippen LogP contribution in [0, 0.1) is 13.8 Å². The van der Waals surface area contributed by atoms with Gasteiger partial charge in [-0.05, 0) is 26.3 Å². The van der Waals surface area contributed by atoms with E-state index in [9.17, 15) is 4.79 Å². The summed E-state index contributed by atoms with van der Waals surface area (Å²) in [6.45, 7) is 4.55. The second kappa shape index (κ2) is 6.25. The average molecular weight is 352 g/mol. The zero-order chi connectivity index (χ0) is 18.3. The quantitative estimate of drug-likeness (QED) is 0.759. The van der Waals surface area contributed by atoms with Gasteiger partial charge in [-0.1, -0.05) is 0 Å². The van der Waals surface area contributed by atoms with Crippen LogP contribution in [0.4, 0.5) is 11.5 Å². The van der Waals surface area contributed by atoms with Gasteiger partial charge in [0.1, 0.15) is 11.9 Å². The van der Waals surface area contributed by atoms with Crippen molar-refractivity contribution >= 4 is 17.4 Å². The largest absolute Gasteiger partial charge is 0.357 e. The van der Waals surface area contributed by atoms with Gasteiger partial charge in [0.05, 0.1) is 30.0 Å². The molecule has 1 amide bonds. The maximum Gasteiger partial charge on any atom is 0.249 e. The Labute approximate surface area is 150 Å². The lowest BCUT2D eigenvalue weighted by atomic mass is 10.2. The molecule has 3 aromatic rings. The third kappa shape index (κ3) is 2.92. The third-order valence-electron chi connectivity index (χ3n) is 4.38. The van der Waals surface area contributed by atoms with E-state index >= 15 is 0 Å². The third-order valence-corrected chi connectivity index (χ3v) is 4.38.